The minimum atomic E-state index is -0.0956. The molecule has 1 atom stereocenters. The number of hydrogen-bond donors (Lipinski definition) is 1. The van der Waals surface area contributed by atoms with Crippen LogP contribution in [0.4, 0.5) is 10.5 Å². The average Bonchev–Trinajstić information content (AvgIpc) is 3.29. The Morgan fingerprint density at radius 3 is 2.93 bits per heavy atom. The number of likely N-dealkylation sites (tertiary alicyclic amines) is 1. The van der Waals surface area contributed by atoms with E-state index < -0.39 is 0 Å². The van der Waals surface area contributed by atoms with Gasteiger partial charge in [0.05, 0.1) is 17.2 Å². The Morgan fingerprint density at radius 2 is 2.14 bits per heavy atom. The molecule has 7 heteroatoms. The molecular weight excluding hydrogens is 374 g/mol. The highest BCUT2D eigenvalue weighted by atomic mass is 35.5. The van der Waals surface area contributed by atoms with Crippen molar-refractivity contribution in [3.8, 4) is 0 Å². The average molecular weight is 398 g/mol. The molecule has 0 spiro atoms. The van der Waals surface area contributed by atoms with Gasteiger partial charge in [0.25, 0.3) is 0 Å². The number of benzene rings is 1. The Morgan fingerprint density at radius 1 is 1.32 bits per heavy atom. The maximum atomic E-state index is 12.8. The number of urea groups is 1. The third-order valence-corrected chi connectivity index (χ3v) is 5.55. The van der Waals surface area contributed by atoms with Gasteiger partial charge >= 0.3 is 6.03 Å². The lowest BCUT2D eigenvalue weighted by Crippen LogP contribution is -2.33. The van der Waals surface area contributed by atoms with Gasteiger partial charge in [-0.2, -0.15) is 0 Å². The molecule has 1 N–H and O–H groups in total. The van der Waals surface area contributed by atoms with Gasteiger partial charge in [-0.3, -0.25) is 4.98 Å². The van der Waals surface area contributed by atoms with Gasteiger partial charge in [0, 0.05) is 42.0 Å². The summed E-state index contributed by atoms with van der Waals surface area (Å²) < 4.78 is 2.25. The zero-order valence-electron chi connectivity index (χ0n) is 16.3. The predicted octanol–water partition coefficient (Wildman–Crippen LogP) is 5.00. The summed E-state index contributed by atoms with van der Waals surface area (Å²) in [5.41, 5.74) is 3.74. The highest BCUT2D eigenvalue weighted by Crippen LogP contribution is 2.32. The standard InChI is InChI=1S/C21H24ClN5O/c1-13(2)27-19-11-23-8-6-17(19)24-20(27)15-7-9-26(12-15)21(28)25-18-10-16(22)5-4-14(18)3/h4-6,8,10-11,13,15H,7,9,12H2,1-3H3,(H,25,28)/t15-/m0/s1. The van der Waals surface area contributed by atoms with Gasteiger partial charge in [-0.1, -0.05) is 17.7 Å². The van der Waals surface area contributed by atoms with Crippen LogP contribution in [0.2, 0.25) is 5.02 Å². The number of nitrogens with one attached hydrogen (secondary N) is 1. The van der Waals surface area contributed by atoms with Gasteiger partial charge in [0.1, 0.15) is 5.82 Å². The second kappa shape index (κ2) is 7.43. The first-order valence-electron chi connectivity index (χ1n) is 9.58. The Bertz CT molecular complexity index is 1030. The smallest absolute Gasteiger partial charge is 0.321 e. The number of amides is 2. The van der Waals surface area contributed by atoms with Crippen molar-refractivity contribution in [1.82, 2.24) is 19.4 Å². The number of fused-ring (bicyclic) bond motifs is 1. The summed E-state index contributed by atoms with van der Waals surface area (Å²) >= 11 is 6.07. The lowest BCUT2D eigenvalue weighted by molar-refractivity contribution is 0.222. The molecule has 28 heavy (non-hydrogen) atoms. The molecule has 1 aromatic carbocycles. The van der Waals surface area contributed by atoms with Crippen LogP contribution >= 0.6 is 11.6 Å². The second-order valence-corrected chi connectivity index (χ2v) is 8.06. The van der Waals surface area contributed by atoms with Crippen molar-refractivity contribution in [1.29, 1.82) is 0 Å². The van der Waals surface area contributed by atoms with Crippen LogP contribution in [0.5, 0.6) is 0 Å². The number of halogens is 1. The zero-order valence-corrected chi connectivity index (χ0v) is 17.1. The molecule has 0 saturated carbocycles. The van der Waals surface area contributed by atoms with Crippen LogP contribution in [0, 0.1) is 6.92 Å². The van der Waals surface area contributed by atoms with E-state index in [1.54, 1.807) is 12.3 Å². The number of rotatable bonds is 3. The predicted molar refractivity (Wildman–Crippen MR) is 112 cm³/mol. The first-order chi connectivity index (χ1) is 13.4. The van der Waals surface area contributed by atoms with Gasteiger partial charge in [0.2, 0.25) is 0 Å². The Kier molecular flexibility index (Phi) is 4.98. The second-order valence-electron chi connectivity index (χ2n) is 7.62. The Balaban J connectivity index is 1.54. The van der Waals surface area contributed by atoms with Gasteiger partial charge < -0.3 is 14.8 Å². The van der Waals surface area contributed by atoms with Gasteiger partial charge in [-0.05, 0) is 51.0 Å². The number of anilines is 1. The molecule has 0 aliphatic carbocycles. The van der Waals surface area contributed by atoms with Crippen LogP contribution in [-0.2, 0) is 0 Å². The molecule has 1 saturated heterocycles. The summed E-state index contributed by atoms with van der Waals surface area (Å²) in [5, 5.41) is 3.60. The third kappa shape index (κ3) is 3.44. The lowest BCUT2D eigenvalue weighted by Gasteiger charge is -2.20. The first kappa shape index (κ1) is 18.7. The highest BCUT2D eigenvalue weighted by Gasteiger charge is 2.31. The summed E-state index contributed by atoms with van der Waals surface area (Å²) in [6.45, 7) is 7.61. The van der Waals surface area contributed by atoms with E-state index in [1.807, 2.05) is 36.2 Å². The number of pyridine rings is 1. The number of carbonyl (C=O) groups excluding carboxylic acids is 1. The van der Waals surface area contributed by atoms with Crippen molar-refractivity contribution in [2.45, 2.75) is 39.2 Å². The maximum Gasteiger partial charge on any atom is 0.321 e. The number of aryl methyl sites for hydroxylation is 1. The van der Waals surface area contributed by atoms with Crippen molar-refractivity contribution >= 4 is 34.4 Å². The van der Waals surface area contributed by atoms with E-state index in [4.69, 9.17) is 16.6 Å². The molecule has 0 bridgehead atoms. The highest BCUT2D eigenvalue weighted by molar-refractivity contribution is 6.31. The van der Waals surface area contributed by atoms with E-state index in [9.17, 15) is 4.79 Å². The fourth-order valence-corrected chi connectivity index (χ4v) is 4.04. The molecule has 3 heterocycles. The quantitative estimate of drug-likeness (QED) is 0.676. The van der Waals surface area contributed by atoms with Crippen molar-refractivity contribution in [2.24, 2.45) is 0 Å². The number of carbonyl (C=O) groups is 1. The maximum absolute atomic E-state index is 12.8. The number of nitrogens with zero attached hydrogens (tertiary/aromatic N) is 4. The molecule has 3 aromatic rings. The lowest BCUT2D eigenvalue weighted by atomic mass is 10.1. The van der Waals surface area contributed by atoms with E-state index >= 15 is 0 Å². The molecule has 1 aliphatic heterocycles. The van der Waals surface area contributed by atoms with E-state index in [1.165, 1.54) is 0 Å². The van der Waals surface area contributed by atoms with E-state index in [-0.39, 0.29) is 18.0 Å². The van der Waals surface area contributed by atoms with Crippen LogP contribution in [0.1, 0.15) is 43.6 Å². The van der Waals surface area contributed by atoms with E-state index in [0.717, 1.165) is 34.5 Å². The number of aromatic nitrogens is 3. The summed E-state index contributed by atoms with van der Waals surface area (Å²) in [7, 11) is 0. The summed E-state index contributed by atoms with van der Waals surface area (Å²) in [6, 6.07) is 7.64. The molecular formula is C21H24ClN5O. The van der Waals surface area contributed by atoms with E-state index in [2.05, 4.69) is 28.7 Å². The molecule has 2 aromatic heterocycles. The molecule has 6 nitrogen and oxygen atoms in total. The van der Waals surface area contributed by atoms with Crippen LogP contribution in [0.25, 0.3) is 11.0 Å². The fourth-order valence-electron chi connectivity index (χ4n) is 3.87. The first-order valence-corrected chi connectivity index (χ1v) is 9.95. The Labute approximate surface area is 169 Å². The van der Waals surface area contributed by atoms with Crippen LogP contribution in [0.15, 0.2) is 36.7 Å². The summed E-state index contributed by atoms with van der Waals surface area (Å²) in [5.74, 6) is 1.24. The molecule has 146 valence electrons. The van der Waals surface area contributed by atoms with Crippen LogP contribution in [-0.4, -0.2) is 38.6 Å². The molecule has 1 aliphatic rings. The minimum Gasteiger partial charge on any atom is -0.324 e. The van der Waals surface area contributed by atoms with E-state index in [0.29, 0.717) is 18.1 Å². The largest absolute Gasteiger partial charge is 0.324 e. The molecule has 1 fully saturated rings. The SMILES string of the molecule is Cc1ccc(Cl)cc1NC(=O)N1CC[C@H](c2nc3ccncc3n2C(C)C)C1. The van der Waals surface area contributed by atoms with Crippen molar-refractivity contribution in [3.05, 3.63) is 53.1 Å². The normalized spacial score (nSPS) is 16.9. The number of imidazole rings is 1. The monoisotopic (exact) mass is 397 g/mol. The van der Waals surface area contributed by atoms with Gasteiger partial charge in [0.15, 0.2) is 0 Å². The molecule has 0 radical (unpaired) electrons. The molecule has 4 rings (SSSR count). The minimum absolute atomic E-state index is 0.0956. The van der Waals surface area contributed by atoms with Crippen molar-refractivity contribution in [3.63, 3.8) is 0 Å². The van der Waals surface area contributed by atoms with Gasteiger partial charge in [-0.25, -0.2) is 9.78 Å². The zero-order chi connectivity index (χ0) is 19.8. The van der Waals surface area contributed by atoms with Crippen LogP contribution < -0.4 is 5.32 Å². The Hall–Kier alpha value is -2.60. The van der Waals surface area contributed by atoms with Gasteiger partial charge in [-0.15, -0.1) is 0 Å². The summed E-state index contributed by atoms with van der Waals surface area (Å²) in [4.78, 5) is 23.8. The van der Waals surface area contributed by atoms with Crippen LogP contribution in [0.3, 0.4) is 0 Å². The summed E-state index contributed by atoms with van der Waals surface area (Å²) in [6.07, 6.45) is 4.53. The molecule has 0 unspecified atom stereocenters. The van der Waals surface area contributed by atoms with Crippen molar-refractivity contribution < 1.29 is 4.79 Å². The fraction of sp³-hybridized carbons (Fsp3) is 0.381. The molecule has 2 amide bonds. The van der Waals surface area contributed by atoms with Crippen molar-refractivity contribution in [2.75, 3.05) is 18.4 Å². The topological polar surface area (TPSA) is 63.1 Å². The number of hydrogen-bond acceptors (Lipinski definition) is 3. The third-order valence-electron chi connectivity index (χ3n) is 5.32.